The zero-order valence-electron chi connectivity index (χ0n) is 18.7. The van der Waals surface area contributed by atoms with Crippen LogP contribution in [0.5, 0.6) is 0 Å². The summed E-state index contributed by atoms with van der Waals surface area (Å²) in [5.74, 6) is -1.78. The van der Waals surface area contributed by atoms with Gasteiger partial charge in [-0.25, -0.2) is 0 Å². The number of hydrogen-bond acceptors (Lipinski definition) is 5. The van der Waals surface area contributed by atoms with E-state index in [1.807, 2.05) is 6.92 Å². The molecule has 1 atom stereocenters. The average molecular weight is 471 g/mol. The van der Waals surface area contributed by atoms with Crippen LogP contribution in [-0.2, 0) is 24.7 Å². The summed E-state index contributed by atoms with van der Waals surface area (Å²) >= 11 is 6.40. The molecule has 1 unspecified atom stereocenters. The van der Waals surface area contributed by atoms with E-state index in [9.17, 15) is 19.2 Å². The van der Waals surface area contributed by atoms with E-state index in [0.717, 1.165) is 18.4 Å². The van der Waals surface area contributed by atoms with Crippen LogP contribution >= 0.6 is 11.6 Å². The van der Waals surface area contributed by atoms with E-state index in [-0.39, 0.29) is 12.3 Å². The Bertz CT molecular complexity index is 1050. The molecule has 0 heterocycles. The number of esters is 1. The van der Waals surface area contributed by atoms with Crippen molar-refractivity contribution in [2.24, 2.45) is 0 Å². The summed E-state index contributed by atoms with van der Waals surface area (Å²) < 4.78 is 5.08. The Morgan fingerprint density at radius 2 is 1.79 bits per heavy atom. The van der Waals surface area contributed by atoms with Gasteiger partial charge >= 0.3 is 5.97 Å². The lowest BCUT2D eigenvalue weighted by Gasteiger charge is -2.43. The lowest BCUT2D eigenvalue weighted by atomic mass is 9.74. The maximum Gasteiger partial charge on any atom is 0.325 e. The number of nitrogens with zero attached hydrogens (tertiary/aromatic N) is 1. The summed E-state index contributed by atoms with van der Waals surface area (Å²) in [7, 11) is 1.53. The van der Waals surface area contributed by atoms with Gasteiger partial charge in [-0.3, -0.25) is 19.2 Å². The number of carbonyl (C=O) groups excluding carboxylic acids is 4. The molecule has 1 aliphatic carbocycles. The summed E-state index contributed by atoms with van der Waals surface area (Å²) in [4.78, 5) is 51.6. The van der Waals surface area contributed by atoms with Gasteiger partial charge in [0, 0.05) is 29.6 Å². The van der Waals surface area contributed by atoms with Crippen molar-refractivity contribution in [1.82, 2.24) is 10.2 Å². The molecule has 0 radical (unpaired) electrons. The second-order valence-electron chi connectivity index (χ2n) is 8.13. The minimum absolute atomic E-state index is 0.0885. The smallest absolute Gasteiger partial charge is 0.325 e. The summed E-state index contributed by atoms with van der Waals surface area (Å²) in [6.45, 7) is 0.983. The first kappa shape index (κ1) is 24.5. The Morgan fingerprint density at radius 3 is 2.45 bits per heavy atom. The predicted molar refractivity (Wildman–Crippen MR) is 124 cm³/mol. The number of halogens is 1. The molecule has 0 bridgehead atoms. The Labute approximate surface area is 198 Å². The van der Waals surface area contributed by atoms with E-state index in [4.69, 9.17) is 16.3 Å². The number of aryl methyl sites for hydroxylation is 1. The molecule has 0 saturated heterocycles. The third-order valence-electron chi connectivity index (χ3n) is 5.98. The molecule has 1 fully saturated rings. The Balaban J connectivity index is 1.63. The van der Waals surface area contributed by atoms with Gasteiger partial charge in [-0.2, -0.15) is 0 Å². The highest BCUT2D eigenvalue weighted by molar-refractivity contribution is 6.31. The van der Waals surface area contributed by atoms with Crippen molar-refractivity contribution >= 4 is 35.2 Å². The number of hydrogen-bond donors (Lipinski definition) is 1. The van der Waals surface area contributed by atoms with Gasteiger partial charge in [0.25, 0.3) is 11.8 Å². The number of Topliss-reactive ketones (excluding diaryl/α,β-unsaturated/α-hetero) is 1. The van der Waals surface area contributed by atoms with Crippen LogP contribution in [0.2, 0.25) is 5.02 Å². The minimum atomic E-state index is -1.19. The molecule has 8 heteroatoms. The zero-order chi connectivity index (χ0) is 24.0. The molecule has 2 amide bonds. The average Bonchev–Trinajstić information content (AvgIpc) is 2.82. The van der Waals surface area contributed by atoms with Gasteiger partial charge in [0.15, 0.2) is 12.4 Å². The molecule has 7 nitrogen and oxygen atoms in total. The number of nitrogens with one attached hydrogen (secondary N) is 1. The quantitative estimate of drug-likeness (QED) is 0.626. The van der Waals surface area contributed by atoms with Crippen molar-refractivity contribution in [3.05, 3.63) is 70.2 Å². The Kier molecular flexibility index (Phi) is 7.87. The van der Waals surface area contributed by atoms with E-state index >= 15 is 0 Å². The van der Waals surface area contributed by atoms with Crippen LogP contribution in [-0.4, -0.2) is 48.7 Å². The molecule has 1 aliphatic rings. The van der Waals surface area contributed by atoms with E-state index < -0.39 is 29.9 Å². The van der Waals surface area contributed by atoms with Gasteiger partial charge in [0.1, 0.15) is 12.1 Å². The predicted octanol–water partition coefficient (Wildman–Crippen LogP) is 3.42. The summed E-state index contributed by atoms with van der Waals surface area (Å²) in [5.41, 5.74) is 0.810. The van der Waals surface area contributed by atoms with Gasteiger partial charge in [-0.1, -0.05) is 47.5 Å². The Morgan fingerprint density at radius 1 is 1.09 bits per heavy atom. The van der Waals surface area contributed by atoms with Crippen molar-refractivity contribution in [3.8, 4) is 0 Å². The highest BCUT2D eigenvalue weighted by atomic mass is 35.5. The molecule has 33 heavy (non-hydrogen) atoms. The van der Waals surface area contributed by atoms with Gasteiger partial charge < -0.3 is 15.0 Å². The lowest BCUT2D eigenvalue weighted by Crippen LogP contribution is -2.55. The number of ketones is 1. The highest BCUT2D eigenvalue weighted by Gasteiger charge is 2.47. The van der Waals surface area contributed by atoms with Crippen molar-refractivity contribution < 1.29 is 23.9 Å². The zero-order valence-corrected chi connectivity index (χ0v) is 19.5. The summed E-state index contributed by atoms with van der Waals surface area (Å²) in [6, 6.07) is 13.9. The van der Waals surface area contributed by atoms with Crippen molar-refractivity contribution in [2.45, 2.75) is 38.1 Å². The number of carbonyl (C=O) groups is 4. The molecule has 1 saturated carbocycles. The third kappa shape index (κ3) is 5.42. The molecule has 0 spiro atoms. The van der Waals surface area contributed by atoms with E-state index in [1.54, 1.807) is 48.5 Å². The van der Waals surface area contributed by atoms with Gasteiger partial charge in [-0.05, 0) is 44.4 Å². The molecular formula is C25H27ClN2O5. The SMILES string of the molecule is Cc1ccc(C(=O)NCC(=O)OCC(=O)N(C)C2(c3ccccc3Cl)CCCCC2=O)cc1. The summed E-state index contributed by atoms with van der Waals surface area (Å²) in [6.07, 6.45) is 2.30. The monoisotopic (exact) mass is 470 g/mol. The third-order valence-corrected chi connectivity index (χ3v) is 6.31. The van der Waals surface area contributed by atoms with Gasteiger partial charge in [0.2, 0.25) is 0 Å². The van der Waals surface area contributed by atoms with Crippen LogP contribution in [0.1, 0.15) is 47.2 Å². The fourth-order valence-electron chi connectivity index (χ4n) is 4.09. The van der Waals surface area contributed by atoms with Crippen LogP contribution in [0.3, 0.4) is 0 Å². The maximum absolute atomic E-state index is 13.1. The van der Waals surface area contributed by atoms with Crippen LogP contribution in [0, 0.1) is 6.92 Å². The fraction of sp³-hybridized carbons (Fsp3) is 0.360. The molecule has 0 aromatic heterocycles. The maximum atomic E-state index is 13.1. The largest absolute Gasteiger partial charge is 0.454 e. The van der Waals surface area contributed by atoms with E-state index in [1.165, 1.54) is 11.9 Å². The number of ether oxygens (including phenoxy) is 1. The standard InChI is InChI=1S/C25H27ClN2O5/c1-17-10-12-18(13-11-17)24(32)27-15-23(31)33-16-22(30)28(2)25(14-6-5-9-21(25)29)19-7-3-4-8-20(19)26/h3-4,7-8,10-13H,5-6,9,14-16H2,1-2H3,(H,27,32). The minimum Gasteiger partial charge on any atom is -0.454 e. The van der Waals surface area contributed by atoms with Crippen LogP contribution in [0.4, 0.5) is 0 Å². The van der Waals surface area contributed by atoms with Gasteiger partial charge in [-0.15, -0.1) is 0 Å². The topological polar surface area (TPSA) is 92.8 Å². The second kappa shape index (κ2) is 10.6. The second-order valence-corrected chi connectivity index (χ2v) is 8.54. The first-order chi connectivity index (χ1) is 15.8. The first-order valence-electron chi connectivity index (χ1n) is 10.8. The lowest BCUT2D eigenvalue weighted by molar-refractivity contribution is -0.157. The molecule has 2 aromatic rings. The number of amides is 2. The first-order valence-corrected chi connectivity index (χ1v) is 11.2. The van der Waals surface area contributed by atoms with E-state index in [0.29, 0.717) is 29.0 Å². The van der Waals surface area contributed by atoms with Crippen molar-refractivity contribution in [3.63, 3.8) is 0 Å². The van der Waals surface area contributed by atoms with Crippen LogP contribution in [0.25, 0.3) is 0 Å². The molecule has 2 aromatic carbocycles. The molecule has 1 N–H and O–H groups in total. The number of benzene rings is 2. The number of likely N-dealkylation sites (N-methyl/N-ethyl adjacent to an activating group) is 1. The number of rotatable bonds is 7. The van der Waals surface area contributed by atoms with Gasteiger partial charge in [0.05, 0.1) is 0 Å². The van der Waals surface area contributed by atoms with Crippen LogP contribution < -0.4 is 5.32 Å². The normalized spacial score (nSPS) is 17.8. The molecule has 174 valence electrons. The fourth-order valence-corrected chi connectivity index (χ4v) is 4.38. The van der Waals surface area contributed by atoms with Crippen molar-refractivity contribution in [2.75, 3.05) is 20.2 Å². The summed E-state index contributed by atoms with van der Waals surface area (Å²) in [5, 5.41) is 2.88. The molecule has 0 aliphatic heterocycles. The Hall–Kier alpha value is -3.19. The van der Waals surface area contributed by atoms with Crippen molar-refractivity contribution in [1.29, 1.82) is 0 Å². The van der Waals surface area contributed by atoms with Crippen LogP contribution in [0.15, 0.2) is 48.5 Å². The molecular weight excluding hydrogens is 444 g/mol. The molecule has 3 rings (SSSR count). The highest BCUT2D eigenvalue weighted by Crippen LogP contribution is 2.42. The van der Waals surface area contributed by atoms with E-state index in [2.05, 4.69) is 5.32 Å².